The van der Waals surface area contributed by atoms with E-state index in [1.807, 2.05) is 28.8 Å². The maximum atomic E-state index is 9.21. The number of imidazole rings is 1. The number of pyridine rings is 1. The fourth-order valence-corrected chi connectivity index (χ4v) is 1.98. The Bertz CT molecular complexity index is 473. The molecule has 0 radical (unpaired) electrons. The van der Waals surface area contributed by atoms with Gasteiger partial charge in [-0.3, -0.25) is 4.40 Å². The normalized spacial score (nSPS) is 25.1. The topological polar surface area (TPSA) is 49.6 Å². The van der Waals surface area contributed by atoms with Crippen molar-refractivity contribution in [3.8, 4) is 0 Å². The fraction of sp³-hybridized carbons (Fsp3) is 0.364. The van der Waals surface area contributed by atoms with Crippen molar-refractivity contribution < 1.29 is 5.11 Å². The minimum absolute atomic E-state index is 0.121. The number of aromatic nitrogens is 2. The van der Waals surface area contributed by atoms with Gasteiger partial charge in [-0.1, -0.05) is 6.07 Å². The second-order valence-electron chi connectivity index (χ2n) is 4.03. The highest BCUT2D eigenvalue weighted by atomic mass is 16.3. The van der Waals surface area contributed by atoms with E-state index in [-0.39, 0.29) is 6.10 Å². The minimum Gasteiger partial charge on any atom is -0.393 e. The molecule has 1 aliphatic rings. The van der Waals surface area contributed by atoms with Crippen molar-refractivity contribution >= 4 is 11.5 Å². The molecule has 2 aromatic rings. The largest absolute Gasteiger partial charge is 0.393 e. The van der Waals surface area contributed by atoms with Gasteiger partial charge in [0.1, 0.15) is 11.5 Å². The highest BCUT2D eigenvalue weighted by Crippen LogP contribution is 2.24. The van der Waals surface area contributed by atoms with Gasteiger partial charge in [0, 0.05) is 18.4 Å². The number of nitrogens with one attached hydrogen (secondary N) is 1. The molecular formula is C11H13N3O. The van der Waals surface area contributed by atoms with Crippen LogP contribution in [0.4, 0.5) is 5.82 Å². The van der Waals surface area contributed by atoms with Gasteiger partial charge in [0.15, 0.2) is 0 Å². The van der Waals surface area contributed by atoms with E-state index in [2.05, 4.69) is 10.3 Å². The minimum atomic E-state index is -0.121. The van der Waals surface area contributed by atoms with Crippen LogP contribution in [0.25, 0.3) is 5.65 Å². The van der Waals surface area contributed by atoms with Gasteiger partial charge in [0.05, 0.1) is 6.10 Å². The van der Waals surface area contributed by atoms with Crippen LogP contribution in [-0.4, -0.2) is 26.6 Å². The first-order chi connectivity index (χ1) is 7.33. The molecule has 0 amide bonds. The van der Waals surface area contributed by atoms with Crippen LogP contribution in [0.2, 0.25) is 0 Å². The SMILES string of the molecule is OC1CC(Nc2cccc3nccn23)C1. The monoisotopic (exact) mass is 203 g/mol. The molecule has 0 saturated heterocycles. The predicted octanol–water partition coefficient (Wildman–Crippen LogP) is 1.27. The van der Waals surface area contributed by atoms with E-state index in [0.29, 0.717) is 6.04 Å². The molecule has 1 saturated carbocycles. The quantitative estimate of drug-likeness (QED) is 0.772. The summed E-state index contributed by atoms with van der Waals surface area (Å²) >= 11 is 0. The fourth-order valence-electron chi connectivity index (χ4n) is 1.98. The van der Waals surface area contributed by atoms with E-state index in [1.54, 1.807) is 6.20 Å². The maximum absolute atomic E-state index is 9.21. The summed E-state index contributed by atoms with van der Waals surface area (Å²) in [5, 5.41) is 12.6. The van der Waals surface area contributed by atoms with Gasteiger partial charge in [-0.05, 0) is 25.0 Å². The molecule has 0 spiro atoms. The Morgan fingerprint density at radius 2 is 2.27 bits per heavy atom. The lowest BCUT2D eigenvalue weighted by Crippen LogP contribution is -2.39. The molecule has 2 N–H and O–H groups in total. The molecule has 0 aromatic carbocycles. The summed E-state index contributed by atoms with van der Waals surface area (Å²) < 4.78 is 2.02. The standard InChI is InChI=1S/C11H13N3O/c15-9-6-8(7-9)13-11-3-1-2-10-12-4-5-14(10)11/h1-5,8-9,13,15H,6-7H2. The first-order valence-electron chi connectivity index (χ1n) is 5.19. The summed E-state index contributed by atoms with van der Waals surface area (Å²) in [6.07, 6.45) is 5.28. The van der Waals surface area contributed by atoms with Crippen molar-refractivity contribution in [2.75, 3.05) is 5.32 Å². The van der Waals surface area contributed by atoms with Crippen molar-refractivity contribution in [2.45, 2.75) is 25.0 Å². The maximum Gasteiger partial charge on any atom is 0.138 e. The van der Waals surface area contributed by atoms with E-state index in [9.17, 15) is 5.11 Å². The van der Waals surface area contributed by atoms with Gasteiger partial charge in [0.2, 0.25) is 0 Å². The van der Waals surface area contributed by atoms with Gasteiger partial charge in [0.25, 0.3) is 0 Å². The van der Waals surface area contributed by atoms with E-state index in [4.69, 9.17) is 0 Å². The Labute approximate surface area is 87.6 Å². The molecule has 0 aliphatic heterocycles. The van der Waals surface area contributed by atoms with Gasteiger partial charge in [-0.2, -0.15) is 0 Å². The molecule has 0 bridgehead atoms. The molecule has 2 aromatic heterocycles. The van der Waals surface area contributed by atoms with Crippen molar-refractivity contribution in [1.29, 1.82) is 0 Å². The number of aliphatic hydroxyl groups excluding tert-OH is 1. The first-order valence-corrected chi connectivity index (χ1v) is 5.19. The van der Waals surface area contributed by atoms with Crippen molar-refractivity contribution in [2.24, 2.45) is 0 Å². The Balaban J connectivity index is 1.87. The highest BCUT2D eigenvalue weighted by Gasteiger charge is 2.27. The summed E-state index contributed by atoms with van der Waals surface area (Å²) in [5.74, 6) is 1.04. The highest BCUT2D eigenvalue weighted by molar-refractivity contribution is 5.50. The Morgan fingerprint density at radius 1 is 1.40 bits per heavy atom. The van der Waals surface area contributed by atoms with Crippen LogP contribution in [0.1, 0.15) is 12.8 Å². The third kappa shape index (κ3) is 1.47. The van der Waals surface area contributed by atoms with E-state index >= 15 is 0 Å². The lowest BCUT2D eigenvalue weighted by atomic mass is 9.89. The van der Waals surface area contributed by atoms with Gasteiger partial charge in [-0.15, -0.1) is 0 Å². The van der Waals surface area contributed by atoms with E-state index in [0.717, 1.165) is 24.3 Å². The number of hydrogen-bond donors (Lipinski definition) is 2. The van der Waals surface area contributed by atoms with Gasteiger partial charge < -0.3 is 10.4 Å². The molecule has 15 heavy (non-hydrogen) atoms. The molecule has 78 valence electrons. The summed E-state index contributed by atoms with van der Waals surface area (Å²) in [7, 11) is 0. The molecule has 1 aliphatic carbocycles. The van der Waals surface area contributed by atoms with Crippen molar-refractivity contribution in [1.82, 2.24) is 9.38 Å². The van der Waals surface area contributed by atoms with Crippen molar-refractivity contribution in [3.63, 3.8) is 0 Å². The lowest BCUT2D eigenvalue weighted by molar-refractivity contribution is 0.0835. The van der Waals surface area contributed by atoms with Crippen LogP contribution in [0.5, 0.6) is 0 Å². The van der Waals surface area contributed by atoms with E-state index < -0.39 is 0 Å². The molecule has 2 heterocycles. The third-order valence-corrected chi connectivity index (χ3v) is 2.89. The third-order valence-electron chi connectivity index (χ3n) is 2.89. The van der Waals surface area contributed by atoms with Crippen LogP contribution >= 0.6 is 0 Å². The van der Waals surface area contributed by atoms with E-state index in [1.165, 1.54) is 0 Å². The summed E-state index contributed by atoms with van der Waals surface area (Å²) in [6.45, 7) is 0. The molecule has 4 nitrogen and oxygen atoms in total. The number of anilines is 1. The van der Waals surface area contributed by atoms with Crippen LogP contribution in [0.15, 0.2) is 30.6 Å². The summed E-state index contributed by atoms with van der Waals surface area (Å²) in [6, 6.07) is 6.38. The first kappa shape index (κ1) is 8.73. The molecule has 0 unspecified atom stereocenters. The summed E-state index contributed by atoms with van der Waals surface area (Å²) in [5.41, 5.74) is 0.944. The average molecular weight is 203 g/mol. The van der Waals surface area contributed by atoms with Crippen molar-refractivity contribution in [3.05, 3.63) is 30.6 Å². The Morgan fingerprint density at radius 3 is 3.07 bits per heavy atom. The Kier molecular flexibility index (Phi) is 1.89. The number of fused-ring (bicyclic) bond motifs is 1. The number of hydrogen-bond acceptors (Lipinski definition) is 3. The second kappa shape index (κ2) is 3.24. The lowest BCUT2D eigenvalue weighted by Gasteiger charge is -2.32. The molecule has 4 heteroatoms. The van der Waals surface area contributed by atoms with Crippen LogP contribution in [-0.2, 0) is 0 Å². The predicted molar refractivity (Wildman–Crippen MR) is 57.8 cm³/mol. The summed E-state index contributed by atoms with van der Waals surface area (Å²) in [4.78, 5) is 4.22. The number of rotatable bonds is 2. The molecular weight excluding hydrogens is 190 g/mol. The second-order valence-corrected chi connectivity index (χ2v) is 4.03. The smallest absolute Gasteiger partial charge is 0.138 e. The van der Waals surface area contributed by atoms with Gasteiger partial charge >= 0.3 is 0 Å². The average Bonchev–Trinajstić information content (AvgIpc) is 2.64. The van der Waals surface area contributed by atoms with Crippen LogP contribution < -0.4 is 5.32 Å². The number of aliphatic hydroxyl groups is 1. The Hall–Kier alpha value is -1.55. The number of nitrogens with zero attached hydrogens (tertiary/aromatic N) is 2. The van der Waals surface area contributed by atoms with Gasteiger partial charge in [-0.25, -0.2) is 4.98 Å². The van der Waals surface area contributed by atoms with Crippen LogP contribution in [0, 0.1) is 0 Å². The van der Waals surface area contributed by atoms with Crippen LogP contribution in [0.3, 0.4) is 0 Å². The zero-order valence-corrected chi connectivity index (χ0v) is 8.30. The zero-order chi connectivity index (χ0) is 10.3. The molecule has 3 rings (SSSR count). The molecule has 1 fully saturated rings. The zero-order valence-electron chi connectivity index (χ0n) is 8.30. The molecule has 0 atom stereocenters.